The molecule has 0 aliphatic heterocycles. The second kappa shape index (κ2) is 3.83. The largest absolute Gasteiger partial charge is 0.416 e. The molecule has 0 bridgehead atoms. The van der Waals surface area contributed by atoms with Crippen LogP contribution in [0.2, 0.25) is 0 Å². The summed E-state index contributed by atoms with van der Waals surface area (Å²) in [6, 6.07) is 4.41. The third kappa shape index (κ3) is 2.70. The topological polar surface area (TPSA) is 46.2 Å². The first-order valence-electron chi connectivity index (χ1n) is 4.46. The van der Waals surface area contributed by atoms with E-state index < -0.39 is 17.5 Å². The van der Waals surface area contributed by atoms with Gasteiger partial charge in [-0.2, -0.15) is 13.2 Å². The van der Waals surface area contributed by atoms with Gasteiger partial charge >= 0.3 is 6.18 Å². The molecule has 1 rings (SSSR count). The minimum Gasteiger partial charge on any atom is -0.372 e. The molecule has 0 amide bonds. The summed E-state index contributed by atoms with van der Waals surface area (Å²) in [7, 11) is 0. The SMILES string of the molecule is CCC(N)(O)c1cccc(C(F)(F)F)c1. The van der Waals surface area contributed by atoms with Crippen molar-refractivity contribution in [2.75, 3.05) is 0 Å². The standard InChI is InChI=1S/C10H12F3NO/c1-2-9(14,15)7-4-3-5-8(6-7)10(11,12)13/h3-6,15H,2,14H2,1H3. The molecule has 0 fully saturated rings. The van der Waals surface area contributed by atoms with Gasteiger partial charge in [0.15, 0.2) is 0 Å². The molecule has 0 saturated heterocycles. The number of aliphatic hydroxyl groups is 1. The summed E-state index contributed by atoms with van der Waals surface area (Å²) >= 11 is 0. The van der Waals surface area contributed by atoms with Gasteiger partial charge in [-0.15, -0.1) is 0 Å². The lowest BCUT2D eigenvalue weighted by atomic mass is 9.99. The van der Waals surface area contributed by atoms with Crippen LogP contribution in [0.5, 0.6) is 0 Å². The van der Waals surface area contributed by atoms with Crippen molar-refractivity contribution in [2.24, 2.45) is 5.73 Å². The first kappa shape index (κ1) is 12.0. The third-order valence-electron chi connectivity index (χ3n) is 2.23. The molecule has 0 aromatic heterocycles. The second-order valence-corrected chi connectivity index (χ2v) is 3.36. The van der Waals surface area contributed by atoms with Crippen LogP contribution < -0.4 is 5.73 Å². The van der Waals surface area contributed by atoms with Crippen molar-refractivity contribution < 1.29 is 18.3 Å². The molecule has 1 unspecified atom stereocenters. The molecule has 0 aliphatic rings. The highest BCUT2D eigenvalue weighted by atomic mass is 19.4. The lowest BCUT2D eigenvalue weighted by Gasteiger charge is -2.22. The molecule has 1 aromatic rings. The highest BCUT2D eigenvalue weighted by Gasteiger charge is 2.32. The van der Waals surface area contributed by atoms with Crippen molar-refractivity contribution >= 4 is 0 Å². The highest BCUT2D eigenvalue weighted by Crippen LogP contribution is 2.31. The van der Waals surface area contributed by atoms with Crippen molar-refractivity contribution in [3.05, 3.63) is 35.4 Å². The molecule has 5 heteroatoms. The predicted molar refractivity (Wildman–Crippen MR) is 49.8 cm³/mol. The average Bonchev–Trinajstić information content (AvgIpc) is 2.17. The van der Waals surface area contributed by atoms with Gasteiger partial charge < -0.3 is 5.11 Å². The van der Waals surface area contributed by atoms with Crippen LogP contribution in [0.1, 0.15) is 24.5 Å². The Morgan fingerprint density at radius 1 is 1.27 bits per heavy atom. The lowest BCUT2D eigenvalue weighted by molar-refractivity contribution is -0.137. The highest BCUT2D eigenvalue weighted by molar-refractivity contribution is 5.29. The molecule has 3 N–H and O–H groups in total. The summed E-state index contributed by atoms with van der Waals surface area (Å²) in [6.45, 7) is 1.60. The van der Waals surface area contributed by atoms with Crippen LogP contribution in [0, 0.1) is 0 Å². The van der Waals surface area contributed by atoms with Crippen LogP contribution in [0.4, 0.5) is 13.2 Å². The van der Waals surface area contributed by atoms with Gasteiger partial charge in [0.1, 0.15) is 5.72 Å². The normalized spacial score (nSPS) is 16.1. The molecular weight excluding hydrogens is 207 g/mol. The lowest BCUT2D eigenvalue weighted by Crippen LogP contribution is -2.35. The van der Waals surface area contributed by atoms with Crippen molar-refractivity contribution in [1.29, 1.82) is 0 Å². The van der Waals surface area contributed by atoms with E-state index in [9.17, 15) is 18.3 Å². The Kier molecular flexibility index (Phi) is 3.06. The van der Waals surface area contributed by atoms with E-state index in [1.807, 2.05) is 0 Å². The van der Waals surface area contributed by atoms with Gasteiger partial charge in [0.2, 0.25) is 0 Å². The molecular formula is C10H12F3NO. The van der Waals surface area contributed by atoms with E-state index in [1.165, 1.54) is 12.1 Å². The summed E-state index contributed by atoms with van der Waals surface area (Å²) in [6.07, 6.45) is -4.27. The van der Waals surface area contributed by atoms with Crippen LogP contribution in [0.3, 0.4) is 0 Å². The van der Waals surface area contributed by atoms with Gasteiger partial charge in [-0.1, -0.05) is 19.1 Å². The minimum atomic E-state index is -4.42. The Morgan fingerprint density at radius 2 is 1.80 bits per heavy atom. The number of hydrogen-bond donors (Lipinski definition) is 2. The molecule has 0 heterocycles. The minimum absolute atomic E-state index is 0.0693. The maximum atomic E-state index is 12.3. The summed E-state index contributed by atoms with van der Waals surface area (Å²) in [5.41, 5.74) is 2.99. The Morgan fingerprint density at radius 3 is 2.27 bits per heavy atom. The van der Waals surface area contributed by atoms with Gasteiger partial charge in [-0.3, -0.25) is 5.73 Å². The van der Waals surface area contributed by atoms with Gasteiger partial charge in [0, 0.05) is 0 Å². The van der Waals surface area contributed by atoms with Crippen LogP contribution >= 0.6 is 0 Å². The monoisotopic (exact) mass is 219 g/mol. The number of hydrogen-bond acceptors (Lipinski definition) is 2. The van der Waals surface area contributed by atoms with E-state index in [0.29, 0.717) is 0 Å². The maximum Gasteiger partial charge on any atom is 0.416 e. The number of nitrogens with two attached hydrogens (primary N) is 1. The van der Waals surface area contributed by atoms with Gasteiger partial charge in [0.25, 0.3) is 0 Å². The van der Waals surface area contributed by atoms with Gasteiger partial charge in [0.05, 0.1) is 5.56 Å². The summed E-state index contributed by atoms with van der Waals surface area (Å²) in [4.78, 5) is 0. The fourth-order valence-electron chi connectivity index (χ4n) is 1.17. The molecule has 0 spiro atoms. The van der Waals surface area contributed by atoms with Gasteiger partial charge in [-0.25, -0.2) is 0 Å². The molecule has 0 saturated carbocycles. The Balaban J connectivity index is 3.14. The molecule has 2 nitrogen and oxygen atoms in total. The predicted octanol–water partition coefficient (Wildman–Crippen LogP) is 2.22. The summed E-state index contributed by atoms with van der Waals surface area (Å²) in [5, 5.41) is 9.60. The molecule has 1 aromatic carbocycles. The van der Waals surface area contributed by atoms with Crippen LogP contribution in [0.25, 0.3) is 0 Å². The fraction of sp³-hybridized carbons (Fsp3) is 0.400. The van der Waals surface area contributed by atoms with E-state index in [1.54, 1.807) is 6.92 Å². The van der Waals surface area contributed by atoms with Crippen molar-refractivity contribution in [3.8, 4) is 0 Å². The molecule has 84 valence electrons. The van der Waals surface area contributed by atoms with E-state index >= 15 is 0 Å². The Bertz CT molecular complexity index is 347. The van der Waals surface area contributed by atoms with Crippen LogP contribution in [-0.2, 0) is 11.9 Å². The first-order chi connectivity index (χ1) is 6.77. The van der Waals surface area contributed by atoms with Crippen molar-refractivity contribution in [1.82, 2.24) is 0 Å². The van der Waals surface area contributed by atoms with Crippen LogP contribution in [-0.4, -0.2) is 5.11 Å². The Labute approximate surface area is 85.5 Å². The zero-order valence-electron chi connectivity index (χ0n) is 8.17. The van der Waals surface area contributed by atoms with E-state index in [4.69, 9.17) is 5.73 Å². The van der Waals surface area contributed by atoms with Crippen molar-refractivity contribution in [2.45, 2.75) is 25.2 Å². The Hall–Kier alpha value is -1.07. The van der Waals surface area contributed by atoms with E-state index in [0.717, 1.165) is 12.1 Å². The zero-order chi connectivity index (χ0) is 11.7. The molecule has 0 aliphatic carbocycles. The molecule has 15 heavy (non-hydrogen) atoms. The quantitative estimate of drug-likeness (QED) is 0.749. The first-order valence-corrected chi connectivity index (χ1v) is 4.46. The van der Waals surface area contributed by atoms with E-state index in [2.05, 4.69) is 0 Å². The molecule has 0 radical (unpaired) electrons. The third-order valence-corrected chi connectivity index (χ3v) is 2.23. The summed E-state index contributed by atoms with van der Waals surface area (Å²) in [5.74, 6) is 0. The van der Waals surface area contributed by atoms with Gasteiger partial charge in [-0.05, 0) is 24.1 Å². The average molecular weight is 219 g/mol. The number of alkyl halides is 3. The second-order valence-electron chi connectivity index (χ2n) is 3.36. The number of halogens is 3. The smallest absolute Gasteiger partial charge is 0.372 e. The fourth-order valence-corrected chi connectivity index (χ4v) is 1.17. The van der Waals surface area contributed by atoms with Crippen molar-refractivity contribution in [3.63, 3.8) is 0 Å². The summed E-state index contributed by atoms with van der Waals surface area (Å²) < 4.78 is 37.0. The number of benzene rings is 1. The molecule has 1 atom stereocenters. The zero-order valence-corrected chi connectivity index (χ0v) is 8.17. The van der Waals surface area contributed by atoms with E-state index in [-0.39, 0.29) is 12.0 Å². The number of rotatable bonds is 2. The van der Waals surface area contributed by atoms with Crippen LogP contribution in [0.15, 0.2) is 24.3 Å². The maximum absolute atomic E-state index is 12.3.